The molecule has 2 amide bonds. The molecule has 6 heteroatoms. The van der Waals surface area contributed by atoms with Gasteiger partial charge >= 0.3 is 0 Å². The maximum absolute atomic E-state index is 12.5. The molecule has 0 aliphatic heterocycles. The monoisotopic (exact) mass is 414 g/mol. The lowest BCUT2D eigenvalue weighted by atomic mass is 10.0. The smallest absolute Gasteiger partial charge is 0.243 e. The predicted molar refractivity (Wildman–Crippen MR) is 114 cm³/mol. The van der Waals surface area contributed by atoms with Crippen molar-refractivity contribution in [3.8, 4) is 5.75 Å². The molecular formula is C23H27ClN2O3. The summed E-state index contributed by atoms with van der Waals surface area (Å²) in [4.78, 5) is 24.9. The van der Waals surface area contributed by atoms with Crippen molar-refractivity contribution >= 4 is 23.4 Å². The molecule has 0 spiro atoms. The molecule has 5 nitrogen and oxygen atoms in total. The zero-order chi connectivity index (χ0) is 20.6. The fourth-order valence-corrected chi connectivity index (χ4v) is 3.10. The Labute approximate surface area is 176 Å². The van der Waals surface area contributed by atoms with Gasteiger partial charge in [0.15, 0.2) is 0 Å². The minimum Gasteiger partial charge on any atom is -0.494 e. The van der Waals surface area contributed by atoms with Gasteiger partial charge in [0, 0.05) is 23.9 Å². The number of hydrogen-bond acceptors (Lipinski definition) is 3. The third-order valence-electron chi connectivity index (χ3n) is 4.80. The van der Waals surface area contributed by atoms with E-state index in [4.69, 9.17) is 16.3 Å². The van der Waals surface area contributed by atoms with Crippen LogP contribution < -0.4 is 15.4 Å². The fraction of sp³-hybridized carbons (Fsp3) is 0.391. The largest absolute Gasteiger partial charge is 0.494 e. The zero-order valence-corrected chi connectivity index (χ0v) is 17.4. The quantitative estimate of drug-likeness (QED) is 0.581. The van der Waals surface area contributed by atoms with Crippen molar-refractivity contribution in [2.45, 2.75) is 51.1 Å². The van der Waals surface area contributed by atoms with E-state index in [1.165, 1.54) is 0 Å². The number of hydrogen-bond donors (Lipinski definition) is 2. The summed E-state index contributed by atoms with van der Waals surface area (Å²) in [5, 5.41) is 6.58. The van der Waals surface area contributed by atoms with Crippen LogP contribution in [0.4, 0.5) is 0 Å². The second kappa shape index (κ2) is 10.3. The van der Waals surface area contributed by atoms with Crippen LogP contribution >= 0.6 is 11.6 Å². The molecule has 0 bridgehead atoms. The third kappa shape index (κ3) is 7.09. The molecule has 2 aromatic rings. The first kappa shape index (κ1) is 21.2. The van der Waals surface area contributed by atoms with Crippen molar-refractivity contribution in [2.75, 3.05) is 6.61 Å². The molecule has 2 aromatic carbocycles. The van der Waals surface area contributed by atoms with Crippen LogP contribution in [0.1, 0.15) is 36.8 Å². The molecule has 1 aliphatic carbocycles. The van der Waals surface area contributed by atoms with Gasteiger partial charge in [-0.05, 0) is 55.5 Å². The molecule has 0 radical (unpaired) electrons. The van der Waals surface area contributed by atoms with Crippen molar-refractivity contribution in [1.82, 2.24) is 10.6 Å². The van der Waals surface area contributed by atoms with E-state index in [9.17, 15) is 9.59 Å². The zero-order valence-electron chi connectivity index (χ0n) is 16.6. The highest BCUT2D eigenvalue weighted by Crippen LogP contribution is 2.21. The summed E-state index contributed by atoms with van der Waals surface area (Å²) in [6.45, 7) is 2.34. The van der Waals surface area contributed by atoms with Crippen LogP contribution in [0.2, 0.25) is 5.02 Å². The Bertz CT molecular complexity index is 837. The minimum atomic E-state index is -0.565. The summed E-state index contributed by atoms with van der Waals surface area (Å²) in [5.74, 6) is 0.475. The molecule has 154 valence electrons. The van der Waals surface area contributed by atoms with Gasteiger partial charge < -0.3 is 15.4 Å². The average Bonchev–Trinajstić information content (AvgIpc) is 3.52. The molecule has 2 N–H and O–H groups in total. The van der Waals surface area contributed by atoms with Gasteiger partial charge in [0.25, 0.3) is 0 Å². The lowest BCUT2D eigenvalue weighted by molar-refractivity contribution is -0.129. The second-order valence-corrected chi connectivity index (χ2v) is 7.86. The summed E-state index contributed by atoms with van der Waals surface area (Å²) in [7, 11) is 0. The van der Waals surface area contributed by atoms with E-state index < -0.39 is 6.04 Å². The molecular weight excluding hydrogens is 388 g/mol. The molecule has 0 heterocycles. The number of nitrogens with one attached hydrogen (secondary N) is 2. The van der Waals surface area contributed by atoms with Crippen molar-refractivity contribution in [2.24, 2.45) is 0 Å². The first-order valence-electron chi connectivity index (χ1n) is 10.0. The van der Waals surface area contributed by atoms with E-state index in [0.717, 1.165) is 29.7 Å². The Morgan fingerprint density at radius 1 is 1.17 bits per heavy atom. The number of carbonyl (C=O) groups excluding carboxylic acids is 2. The fourth-order valence-electron chi connectivity index (χ4n) is 2.98. The minimum absolute atomic E-state index is 0.113. The molecule has 1 unspecified atom stereocenters. The summed E-state index contributed by atoms with van der Waals surface area (Å²) in [6, 6.07) is 14.9. The van der Waals surface area contributed by atoms with Gasteiger partial charge in [-0.2, -0.15) is 0 Å². The number of rotatable bonds is 10. The van der Waals surface area contributed by atoms with Gasteiger partial charge in [0.05, 0.1) is 6.61 Å². The topological polar surface area (TPSA) is 67.4 Å². The number of halogens is 1. The Hall–Kier alpha value is -2.53. The number of amides is 2. The highest BCUT2D eigenvalue weighted by molar-refractivity contribution is 6.31. The molecule has 1 aliphatic rings. The van der Waals surface area contributed by atoms with Gasteiger partial charge in [0.2, 0.25) is 11.8 Å². The first-order valence-corrected chi connectivity index (χ1v) is 10.4. The maximum Gasteiger partial charge on any atom is 0.243 e. The average molecular weight is 415 g/mol. The van der Waals surface area contributed by atoms with E-state index in [1.807, 2.05) is 49.4 Å². The molecule has 1 atom stereocenters. The van der Waals surface area contributed by atoms with Crippen molar-refractivity contribution in [1.29, 1.82) is 0 Å². The van der Waals surface area contributed by atoms with Crippen LogP contribution in [-0.2, 0) is 16.0 Å². The predicted octanol–water partition coefficient (Wildman–Crippen LogP) is 3.81. The Balaban J connectivity index is 1.46. The van der Waals surface area contributed by atoms with E-state index in [1.54, 1.807) is 6.07 Å². The lowest BCUT2D eigenvalue weighted by Crippen LogP contribution is -2.48. The maximum atomic E-state index is 12.5. The van der Waals surface area contributed by atoms with Crippen LogP contribution in [0.25, 0.3) is 0 Å². The van der Waals surface area contributed by atoms with Crippen LogP contribution in [0.5, 0.6) is 5.75 Å². The van der Waals surface area contributed by atoms with Crippen LogP contribution in [0.15, 0.2) is 48.5 Å². The normalized spacial score (nSPS) is 14.1. The SMILES string of the molecule is Cc1cc(OCCCC(=O)NC(Cc2ccccc2)C(=O)NC2CC2)ccc1Cl. The third-order valence-corrected chi connectivity index (χ3v) is 5.23. The molecule has 0 aromatic heterocycles. The van der Waals surface area contributed by atoms with Crippen LogP contribution in [0.3, 0.4) is 0 Å². The summed E-state index contributed by atoms with van der Waals surface area (Å²) < 4.78 is 5.68. The number of carbonyl (C=O) groups is 2. The van der Waals surface area contributed by atoms with E-state index >= 15 is 0 Å². The Morgan fingerprint density at radius 3 is 2.62 bits per heavy atom. The summed E-state index contributed by atoms with van der Waals surface area (Å²) in [5.41, 5.74) is 1.97. The lowest BCUT2D eigenvalue weighted by Gasteiger charge is -2.19. The van der Waals surface area contributed by atoms with Gasteiger partial charge in [-0.1, -0.05) is 41.9 Å². The number of benzene rings is 2. The number of ether oxygens (including phenoxy) is 1. The van der Waals surface area contributed by atoms with Crippen molar-refractivity contribution < 1.29 is 14.3 Å². The van der Waals surface area contributed by atoms with Gasteiger partial charge in [-0.3, -0.25) is 9.59 Å². The van der Waals surface area contributed by atoms with Crippen LogP contribution in [-0.4, -0.2) is 30.5 Å². The van der Waals surface area contributed by atoms with E-state index in [0.29, 0.717) is 30.9 Å². The molecule has 0 saturated heterocycles. The van der Waals surface area contributed by atoms with Gasteiger partial charge in [0.1, 0.15) is 11.8 Å². The van der Waals surface area contributed by atoms with Crippen molar-refractivity contribution in [3.05, 3.63) is 64.7 Å². The van der Waals surface area contributed by atoms with Gasteiger partial charge in [-0.15, -0.1) is 0 Å². The van der Waals surface area contributed by atoms with Gasteiger partial charge in [-0.25, -0.2) is 0 Å². The molecule has 1 saturated carbocycles. The second-order valence-electron chi connectivity index (χ2n) is 7.46. The highest BCUT2D eigenvalue weighted by Gasteiger charge is 2.28. The van der Waals surface area contributed by atoms with Crippen LogP contribution in [0, 0.1) is 6.92 Å². The molecule has 1 fully saturated rings. The summed E-state index contributed by atoms with van der Waals surface area (Å²) in [6.07, 6.45) is 3.37. The first-order chi connectivity index (χ1) is 14.0. The molecule has 3 rings (SSSR count). The van der Waals surface area contributed by atoms with E-state index in [2.05, 4.69) is 10.6 Å². The Kier molecular flexibility index (Phi) is 7.53. The Morgan fingerprint density at radius 2 is 1.93 bits per heavy atom. The number of aryl methyl sites for hydroxylation is 1. The van der Waals surface area contributed by atoms with Crippen molar-refractivity contribution in [3.63, 3.8) is 0 Å². The standard InChI is InChI=1S/C23H27ClN2O3/c1-16-14-19(11-12-20(16)24)29-13-5-8-22(27)26-21(23(28)25-18-9-10-18)15-17-6-3-2-4-7-17/h2-4,6-7,11-12,14,18,21H,5,8-10,13,15H2,1H3,(H,25,28)(H,26,27). The summed E-state index contributed by atoms with van der Waals surface area (Å²) >= 11 is 6.01. The van der Waals surface area contributed by atoms with E-state index in [-0.39, 0.29) is 17.9 Å². The highest BCUT2D eigenvalue weighted by atomic mass is 35.5. The molecule has 29 heavy (non-hydrogen) atoms.